The van der Waals surface area contributed by atoms with Gasteiger partial charge in [-0.3, -0.25) is 4.79 Å². The summed E-state index contributed by atoms with van der Waals surface area (Å²) >= 11 is 0. The quantitative estimate of drug-likeness (QED) is 0.318. The molecule has 3 aromatic rings. The van der Waals surface area contributed by atoms with Gasteiger partial charge in [0.25, 0.3) is 5.91 Å². The molecule has 198 valence electrons. The number of amides is 1. The van der Waals surface area contributed by atoms with Crippen molar-refractivity contribution in [3.05, 3.63) is 65.7 Å². The topological polar surface area (TPSA) is 80.4 Å². The monoisotopic (exact) mass is 502 g/mol. The number of aromatic nitrogens is 1. The van der Waals surface area contributed by atoms with Crippen molar-refractivity contribution < 1.29 is 9.90 Å². The van der Waals surface area contributed by atoms with Gasteiger partial charge < -0.3 is 25.6 Å². The van der Waals surface area contributed by atoms with E-state index in [9.17, 15) is 9.90 Å². The number of aromatic amines is 1. The molecule has 0 bridgehead atoms. The molecule has 2 aromatic carbocycles. The highest BCUT2D eigenvalue weighted by molar-refractivity contribution is 5.98. The predicted molar refractivity (Wildman–Crippen MR) is 151 cm³/mol. The third kappa shape index (κ3) is 7.14. The molecule has 1 saturated carbocycles. The Bertz CT molecular complexity index is 1130. The Hall–Kier alpha value is -2.83. The number of H-pyrrole nitrogens is 1. The number of aliphatic hydroxyl groups is 1. The van der Waals surface area contributed by atoms with Crippen LogP contribution in [-0.2, 0) is 6.42 Å². The van der Waals surface area contributed by atoms with Gasteiger partial charge in [-0.2, -0.15) is 0 Å². The van der Waals surface area contributed by atoms with Gasteiger partial charge >= 0.3 is 0 Å². The van der Waals surface area contributed by atoms with Gasteiger partial charge in [0, 0.05) is 42.6 Å². The summed E-state index contributed by atoms with van der Waals surface area (Å²) in [4.78, 5) is 18.7. The largest absolute Gasteiger partial charge is 0.390 e. The van der Waals surface area contributed by atoms with Crippen LogP contribution < -0.4 is 15.5 Å². The van der Waals surface area contributed by atoms with E-state index in [2.05, 4.69) is 56.9 Å². The first-order valence-electron chi connectivity index (χ1n) is 14.2. The zero-order chi connectivity index (χ0) is 25.5. The molecular weight excluding hydrogens is 460 g/mol. The minimum absolute atomic E-state index is 0.141. The van der Waals surface area contributed by atoms with Gasteiger partial charge in [-0.15, -0.1) is 0 Å². The maximum atomic E-state index is 12.7. The van der Waals surface area contributed by atoms with Crippen molar-refractivity contribution >= 4 is 22.6 Å². The molecule has 1 atom stereocenters. The number of carbonyl (C=O) groups excluding carboxylic acids is 1. The number of anilines is 1. The summed E-state index contributed by atoms with van der Waals surface area (Å²) in [6.45, 7) is 3.82. The molecule has 5 rings (SSSR count). The zero-order valence-corrected chi connectivity index (χ0v) is 21.9. The number of piperidine rings is 1. The molecule has 4 N–H and O–H groups in total. The van der Waals surface area contributed by atoms with Crippen LogP contribution >= 0.6 is 0 Å². The van der Waals surface area contributed by atoms with E-state index in [0.717, 1.165) is 54.6 Å². The summed E-state index contributed by atoms with van der Waals surface area (Å²) in [5, 5.41) is 17.6. The number of fused-ring (bicyclic) bond motifs is 1. The number of hydrogen-bond donors (Lipinski definition) is 4. The smallest absolute Gasteiger partial charge is 0.251 e. The maximum Gasteiger partial charge on any atom is 0.251 e. The normalized spacial score (nSPS) is 18.2. The lowest BCUT2D eigenvalue weighted by Crippen LogP contribution is -2.39. The van der Waals surface area contributed by atoms with Gasteiger partial charge in [0.1, 0.15) is 5.82 Å². The van der Waals surface area contributed by atoms with Crippen LogP contribution in [0.4, 0.5) is 5.82 Å². The van der Waals surface area contributed by atoms with E-state index in [-0.39, 0.29) is 12.5 Å². The second-order valence-corrected chi connectivity index (χ2v) is 11.1. The van der Waals surface area contributed by atoms with Crippen molar-refractivity contribution in [2.45, 2.75) is 57.5 Å². The minimum Gasteiger partial charge on any atom is -0.390 e. The van der Waals surface area contributed by atoms with E-state index in [1.54, 1.807) is 0 Å². The summed E-state index contributed by atoms with van der Waals surface area (Å²) in [5.74, 6) is 2.45. The molecule has 1 saturated heterocycles. The molecule has 1 unspecified atom stereocenters. The standard InChI is InChI=1S/C31H42N4O2/c36-28(21-32-20-25-9-5-2-6-10-25)22-33-31(37)26-11-12-29-27(18-26)19-30(34-29)35-15-13-24(14-16-35)17-23-7-3-1-4-8-23/h1,3-4,7-8,11-12,18-19,24-25,28,32,34,36H,2,5-6,9-10,13-17,20-22H2,(H,33,37). The van der Waals surface area contributed by atoms with Crippen molar-refractivity contribution in [1.82, 2.24) is 15.6 Å². The molecule has 6 nitrogen and oxygen atoms in total. The second kappa shape index (κ2) is 12.6. The first-order valence-corrected chi connectivity index (χ1v) is 14.2. The summed E-state index contributed by atoms with van der Waals surface area (Å²) in [7, 11) is 0. The number of nitrogens with one attached hydrogen (secondary N) is 3. The molecule has 2 aliphatic rings. The van der Waals surface area contributed by atoms with Crippen LogP contribution in [0.2, 0.25) is 0 Å². The van der Waals surface area contributed by atoms with Gasteiger partial charge in [0.2, 0.25) is 0 Å². The first-order chi connectivity index (χ1) is 18.1. The highest BCUT2D eigenvalue weighted by Gasteiger charge is 2.21. The highest BCUT2D eigenvalue weighted by atomic mass is 16.3. The fraction of sp³-hybridized carbons (Fsp3) is 0.516. The molecule has 2 heterocycles. The van der Waals surface area contributed by atoms with E-state index in [0.29, 0.717) is 12.1 Å². The summed E-state index contributed by atoms with van der Waals surface area (Å²) in [6, 6.07) is 18.7. The van der Waals surface area contributed by atoms with E-state index in [1.165, 1.54) is 50.5 Å². The van der Waals surface area contributed by atoms with Gasteiger partial charge in [-0.05, 0) is 80.3 Å². The van der Waals surface area contributed by atoms with E-state index in [1.807, 2.05) is 18.2 Å². The summed E-state index contributed by atoms with van der Waals surface area (Å²) < 4.78 is 0. The van der Waals surface area contributed by atoms with Crippen molar-refractivity contribution in [3.8, 4) is 0 Å². The average molecular weight is 503 g/mol. The Labute approximate surface area is 220 Å². The summed E-state index contributed by atoms with van der Waals surface area (Å²) in [5.41, 5.74) is 3.10. The number of aliphatic hydroxyl groups excluding tert-OH is 1. The van der Waals surface area contributed by atoms with Crippen LogP contribution in [0.5, 0.6) is 0 Å². The fourth-order valence-electron chi connectivity index (χ4n) is 5.98. The Kier molecular flexibility index (Phi) is 8.80. The predicted octanol–water partition coefficient (Wildman–Crippen LogP) is 4.89. The Morgan fingerprint density at radius 2 is 1.73 bits per heavy atom. The second-order valence-electron chi connectivity index (χ2n) is 11.1. The van der Waals surface area contributed by atoms with Crippen LogP contribution in [0.15, 0.2) is 54.6 Å². The van der Waals surface area contributed by atoms with Crippen LogP contribution in [0.25, 0.3) is 10.9 Å². The van der Waals surface area contributed by atoms with Crippen LogP contribution in [0.1, 0.15) is 60.9 Å². The Balaban J connectivity index is 1.08. The third-order valence-corrected chi connectivity index (χ3v) is 8.23. The molecule has 6 heteroatoms. The third-order valence-electron chi connectivity index (χ3n) is 8.23. The van der Waals surface area contributed by atoms with Crippen molar-refractivity contribution in [2.24, 2.45) is 11.8 Å². The lowest BCUT2D eigenvalue weighted by atomic mass is 9.89. The van der Waals surface area contributed by atoms with Crippen LogP contribution in [-0.4, -0.2) is 54.8 Å². The molecule has 1 aliphatic heterocycles. The number of benzene rings is 2. The molecule has 0 spiro atoms. The van der Waals surface area contributed by atoms with E-state index < -0.39 is 6.10 Å². The molecule has 1 aromatic heterocycles. The molecule has 1 aliphatic carbocycles. The first kappa shape index (κ1) is 25.8. The maximum absolute atomic E-state index is 12.7. The van der Waals surface area contributed by atoms with Gasteiger partial charge in [0.05, 0.1) is 6.10 Å². The fourth-order valence-corrected chi connectivity index (χ4v) is 5.98. The molecule has 37 heavy (non-hydrogen) atoms. The van der Waals surface area contributed by atoms with Crippen LogP contribution in [0.3, 0.4) is 0 Å². The lowest BCUT2D eigenvalue weighted by Gasteiger charge is -2.32. The van der Waals surface area contributed by atoms with Gasteiger partial charge in [0.15, 0.2) is 0 Å². The van der Waals surface area contributed by atoms with Gasteiger partial charge in [-0.1, -0.05) is 49.6 Å². The van der Waals surface area contributed by atoms with Crippen molar-refractivity contribution in [1.29, 1.82) is 0 Å². The number of rotatable bonds is 10. The summed E-state index contributed by atoms with van der Waals surface area (Å²) in [6.07, 6.45) is 9.54. The number of nitrogens with zero attached hydrogens (tertiary/aromatic N) is 1. The molecule has 0 radical (unpaired) electrons. The van der Waals surface area contributed by atoms with Crippen molar-refractivity contribution in [2.75, 3.05) is 37.6 Å². The lowest BCUT2D eigenvalue weighted by molar-refractivity contribution is 0.0914. The number of hydrogen-bond acceptors (Lipinski definition) is 4. The minimum atomic E-state index is -0.583. The Morgan fingerprint density at radius 3 is 2.51 bits per heavy atom. The van der Waals surface area contributed by atoms with E-state index >= 15 is 0 Å². The SMILES string of the molecule is O=C(NCC(O)CNCC1CCCCC1)c1ccc2[nH]c(N3CCC(Cc4ccccc4)CC3)cc2c1. The van der Waals surface area contributed by atoms with Gasteiger partial charge in [-0.25, -0.2) is 0 Å². The molecule has 2 fully saturated rings. The molecular formula is C31H42N4O2. The average Bonchev–Trinajstić information content (AvgIpc) is 3.37. The van der Waals surface area contributed by atoms with E-state index in [4.69, 9.17) is 0 Å². The number of carbonyl (C=O) groups is 1. The van der Waals surface area contributed by atoms with Crippen LogP contribution in [0, 0.1) is 11.8 Å². The zero-order valence-electron chi connectivity index (χ0n) is 21.9. The Morgan fingerprint density at radius 1 is 0.946 bits per heavy atom. The highest BCUT2D eigenvalue weighted by Crippen LogP contribution is 2.28. The van der Waals surface area contributed by atoms with Crippen molar-refractivity contribution in [3.63, 3.8) is 0 Å². The molecule has 1 amide bonds.